The lowest BCUT2D eigenvalue weighted by Crippen LogP contribution is -2.32. The van der Waals surface area contributed by atoms with Gasteiger partial charge in [0.2, 0.25) is 11.8 Å². The Morgan fingerprint density at radius 3 is 2.72 bits per heavy atom. The number of benzene rings is 1. The van der Waals surface area contributed by atoms with Crippen LogP contribution in [0, 0.1) is 0 Å². The van der Waals surface area contributed by atoms with Gasteiger partial charge < -0.3 is 15.2 Å². The standard InChI is InChI=1S/C18H20N4O2S/c1-12(23)20-14(16-8-5-9-25-16)10-18(24)19-11-17-21-13-6-3-4-7-15(13)22(17)2/h3-9,14H,10-11H2,1-2H3,(H,19,24)(H,20,23)/t14-/m1/s1. The number of carbonyl (C=O) groups is 2. The van der Waals surface area contributed by atoms with Crippen LogP contribution in [0.2, 0.25) is 0 Å². The fraction of sp³-hybridized carbons (Fsp3) is 0.278. The monoisotopic (exact) mass is 356 g/mol. The normalized spacial score (nSPS) is 12.1. The Hall–Kier alpha value is -2.67. The number of nitrogens with one attached hydrogen (secondary N) is 2. The van der Waals surface area contributed by atoms with Crippen LogP contribution in [-0.4, -0.2) is 21.4 Å². The van der Waals surface area contributed by atoms with Gasteiger partial charge in [-0.1, -0.05) is 18.2 Å². The predicted octanol–water partition coefficient (Wildman–Crippen LogP) is 2.52. The van der Waals surface area contributed by atoms with Crippen LogP contribution in [0.1, 0.15) is 30.1 Å². The topological polar surface area (TPSA) is 76.0 Å². The van der Waals surface area contributed by atoms with E-state index in [1.807, 2.05) is 53.4 Å². The number of carbonyl (C=O) groups excluding carboxylic acids is 2. The van der Waals surface area contributed by atoms with Crippen molar-refractivity contribution in [3.8, 4) is 0 Å². The summed E-state index contributed by atoms with van der Waals surface area (Å²) < 4.78 is 1.97. The molecule has 0 unspecified atom stereocenters. The number of amides is 2. The summed E-state index contributed by atoms with van der Waals surface area (Å²) in [6, 6.07) is 11.4. The lowest BCUT2D eigenvalue weighted by atomic mass is 10.1. The number of rotatable bonds is 6. The summed E-state index contributed by atoms with van der Waals surface area (Å²) >= 11 is 1.52. The average Bonchev–Trinajstić information content (AvgIpc) is 3.21. The second-order valence-corrected chi connectivity index (χ2v) is 6.80. The molecule has 0 bridgehead atoms. The number of thiophene rings is 1. The molecule has 2 amide bonds. The average molecular weight is 356 g/mol. The second-order valence-electron chi connectivity index (χ2n) is 5.83. The van der Waals surface area contributed by atoms with Crippen LogP contribution in [0.25, 0.3) is 11.0 Å². The van der Waals surface area contributed by atoms with E-state index < -0.39 is 0 Å². The molecule has 6 nitrogen and oxygen atoms in total. The first-order chi connectivity index (χ1) is 12.0. The summed E-state index contributed by atoms with van der Waals surface area (Å²) in [5.41, 5.74) is 1.94. The van der Waals surface area contributed by atoms with Crippen LogP contribution in [0.3, 0.4) is 0 Å². The number of hydrogen-bond acceptors (Lipinski definition) is 4. The Kier molecular flexibility index (Phi) is 5.14. The molecule has 2 heterocycles. The van der Waals surface area contributed by atoms with Crippen molar-refractivity contribution in [2.24, 2.45) is 7.05 Å². The van der Waals surface area contributed by atoms with Gasteiger partial charge >= 0.3 is 0 Å². The molecule has 0 aliphatic rings. The minimum absolute atomic E-state index is 0.126. The smallest absolute Gasteiger partial charge is 0.222 e. The number of para-hydroxylation sites is 2. The van der Waals surface area contributed by atoms with Gasteiger partial charge in [0.1, 0.15) is 5.82 Å². The number of hydrogen-bond donors (Lipinski definition) is 2. The summed E-state index contributed by atoms with van der Waals surface area (Å²) in [5.74, 6) is 0.516. The van der Waals surface area contributed by atoms with Gasteiger partial charge in [-0.3, -0.25) is 9.59 Å². The maximum absolute atomic E-state index is 12.3. The van der Waals surface area contributed by atoms with Gasteiger partial charge in [0, 0.05) is 18.8 Å². The van der Waals surface area contributed by atoms with E-state index in [4.69, 9.17) is 0 Å². The van der Waals surface area contributed by atoms with Crippen molar-refractivity contribution in [1.82, 2.24) is 20.2 Å². The molecule has 1 atom stereocenters. The highest BCUT2D eigenvalue weighted by Gasteiger charge is 2.18. The molecule has 0 saturated heterocycles. The summed E-state index contributed by atoms with van der Waals surface area (Å²) in [6.07, 6.45) is 0.198. The third kappa shape index (κ3) is 4.06. The first-order valence-electron chi connectivity index (χ1n) is 8.02. The third-order valence-corrected chi connectivity index (χ3v) is 4.96. The SMILES string of the molecule is CC(=O)N[C@H](CC(=O)NCc1nc2ccccc2n1C)c1cccs1. The number of aryl methyl sites for hydroxylation is 1. The van der Waals surface area contributed by atoms with Gasteiger partial charge in [0.05, 0.1) is 30.0 Å². The zero-order valence-corrected chi connectivity index (χ0v) is 15.0. The van der Waals surface area contributed by atoms with E-state index in [9.17, 15) is 9.59 Å². The largest absolute Gasteiger partial charge is 0.349 e. The second kappa shape index (κ2) is 7.48. The van der Waals surface area contributed by atoms with Crippen molar-refractivity contribution < 1.29 is 9.59 Å². The lowest BCUT2D eigenvalue weighted by molar-refractivity contribution is -0.122. The van der Waals surface area contributed by atoms with Gasteiger partial charge in [-0.2, -0.15) is 0 Å². The van der Waals surface area contributed by atoms with Gasteiger partial charge in [0.25, 0.3) is 0 Å². The van der Waals surface area contributed by atoms with Crippen molar-refractivity contribution in [3.63, 3.8) is 0 Å². The fourth-order valence-corrected chi connectivity index (χ4v) is 3.52. The van der Waals surface area contributed by atoms with Crippen molar-refractivity contribution in [1.29, 1.82) is 0 Å². The van der Waals surface area contributed by atoms with Crippen LogP contribution in [0.5, 0.6) is 0 Å². The molecule has 3 rings (SSSR count). The van der Waals surface area contributed by atoms with E-state index in [0.717, 1.165) is 21.7 Å². The van der Waals surface area contributed by atoms with E-state index >= 15 is 0 Å². The molecule has 0 fully saturated rings. The molecule has 2 N–H and O–H groups in total. The molecule has 3 aromatic rings. The van der Waals surface area contributed by atoms with Gasteiger partial charge in [-0.25, -0.2) is 4.98 Å². The Morgan fingerprint density at radius 1 is 1.24 bits per heavy atom. The Labute approximate surface area is 149 Å². The number of imidazole rings is 1. The molecule has 0 spiro atoms. The van der Waals surface area contributed by atoms with Gasteiger partial charge in [-0.15, -0.1) is 11.3 Å². The van der Waals surface area contributed by atoms with Crippen molar-refractivity contribution in [2.45, 2.75) is 25.9 Å². The van der Waals surface area contributed by atoms with Crippen LogP contribution in [-0.2, 0) is 23.2 Å². The molecule has 130 valence electrons. The molecule has 7 heteroatoms. The molecular weight excluding hydrogens is 336 g/mol. The van der Waals surface area contributed by atoms with E-state index in [2.05, 4.69) is 15.6 Å². The van der Waals surface area contributed by atoms with Crippen molar-refractivity contribution >= 4 is 34.2 Å². The van der Waals surface area contributed by atoms with Gasteiger partial charge in [-0.05, 0) is 23.6 Å². The first-order valence-corrected chi connectivity index (χ1v) is 8.90. The van der Waals surface area contributed by atoms with Gasteiger partial charge in [0.15, 0.2) is 0 Å². The highest BCUT2D eigenvalue weighted by Crippen LogP contribution is 2.22. The van der Waals surface area contributed by atoms with Crippen molar-refractivity contribution in [2.75, 3.05) is 0 Å². The van der Waals surface area contributed by atoms with Crippen LogP contribution >= 0.6 is 11.3 Å². The van der Waals surface area contributed by atoms with E-state index in [1.54, 1.807) is 0 Å². The minimum Gasteiger partial charge on any atom is -0.349 e. The van der Waals surface area contributed by atoms with Crippen LogP contribution < -0.4 is 10.6 Å². The predicted molar refractivity (Wildman–Crippen MR) is 98.1 cm³/mol. The Bertz CT molecular complexity index is 886. The van der Waals surface area contributed by atoms with E-state index in [1.165, 1.54) is 18.3 Å². The molecule has 0 aliphatic heterocycles. The summed E-state index contributed by atoms with van der Waals surface area (Å²) in [6.45, 7) is 1.80. The molecule has 0 saturated carbocycles. The third-order valence-electron chi connectivity index (χ3n) is 3.98. The maximum Gasteiger partial charge on any atom is 0.222 e. The Balaban J connectivity index is 1.64. The molecule has 1 aromatic carbocycles. The van der Waals surface area contributed by atoms with E-state index in [-0.39, 0.29) is 24.3 Å². The maximum atomic E-state index is 12.3. The van der Waals surface area contributed by atoms with E-state index in [0.29, 0.717) is 6.54 Å². The first kappa shape index (κ1) is 17.2. The van der Waals surface area contributed by atoms with Crippen molar-refractivity contribution in [3.05, 3.63) is 52.5 Å². The van der Waals surface area contributed by atoms with Crippen LogP contribution in [0.4, 0.5) is 0 Å². The highest BCUT2D eigenvalue weighted by molar-refractivity contribution is 7.10. The number of nitrogens with zero attached hydrogens (tertiary/aromatic N) is 2. The fourth-order valence-electron chi connectivity index (χ4n) is 2.75. The zero-order chi connectivity index (χ0) is 17.8. The highest BCUT2D eigenvalue weighted by atomic mass is 32.1. The molecular formula is C18H20N4O2S. The Morgan fingerprint density at radius 2 is 2.04 bits per heavy atom. The lowest BCUT2D eigenvalue weighted by Gasteiger charge is -2.16. The quantitative estimate of drug-likeness (QED) is 0.712. The molecule has 0 radical (unpaired) electrons. The number of fused-ring (bicyclic) bond motifs is 1. The molecule has 0 aliphatic carbocycles. The molecule has 25 heavy (non-hydrogen) atoms. The summed E-state index contributed by atoms with van der Waals surface area (Å²) in [4.78, 5) is 29.2. The molecule has 2 aromatic heterocycles. The zero-order valence-electron chi connectivity index (χ0n) is 14.2. The van der Waals surface area contributed by atoms with Crippen LogP contribution in [0.15, 0.2) is 41.8 Å². The summed E-state index contributed by atoms with van der Waals surface area (Å²) in [7, 11) is 1.93. The summed E-state index contributed by atoms with van der Waals surface area (Å²) in [5, 5.41) is 7.66. The number of aromatic nitrogens is 2. The minimum atomic E-state index is -0.307.